The summed E-state index contributed by atoms with van der Waals surface area (Å²) in [6.07, 6.45) is 0. The Morgan fingerprint density at radius 2 is 2.12 bits per heavy atom. The van der Waals surface area contributed by atoms with E-state index in [1.54, 1.807) is 4.68 Å². The molecule has 0 spiro atoms. The zero-order chi connectivity index (χ0) is 12.4. The van der Waals surface area contributed by atoms with Crippen LogP contribution in [0, 0.1) is 13.8 Å². The number of tetrazole rings is 1. The number of nitrogens with zero attached hydrogens (tertiary/aromatic N) is 4. The molecule has 2 aromatic rings. The molecule has 0 aliphatic carbocycles. The molecule has 5 nitrogen and oxygen atoms in total. The molecule has 1 aromatic carbocycles. The number of hydrogen-bond acceptors (Lipinski definition) is 4. The molecule has 0 fully saturated rings. The molecule has 0 radical (unpaired) electrons. The van der Waals surface area contributed by atoms with E-state index < -0.39 is 0 Å². The van der Waals surface area contributed by atoms with Gasteiger partial charge >= 0.3 is 0 Å². The lowest BCUT2D eigenvalue weighted by Crippen LogP contribution is -2.13. The quantitative estimate of drug-likeness (QED) is 0.937. The molecule has 0 unspecified atom stereocenters. The highest BCUT2D eigenvalue weighted by atomic mass is 79.9. The molecule has 0 atom stereocenters. The zero-order valence-corrected chi connectivity index (χ0v) is 11.6. The number of rotatable bonds is 3. The Morgan fingerprint density at radius 1 is 1.35 bits per heavy atom. The molecule has 1 heterocycles. The average Bonchev–Trinajstić information content (AvgIpc) is 2.65. The number of aromatic nitrogens is 4. The highest BCUT2D eigenvalue weighted by Gasteiger charge is 2.13. The second-order valence-electron chi connectivity index (χ2n) is 3.95. The standard InChI is InChI=1S/C11H14BrN5/c1-7-4-8(2)11(9(12)5-7)17-10(6-13-3)14-15-16-17/h4-5,13H,6H2,1-3H3. The van der Waals surface area contributed by atoms with E-state index in [4.69, 9.17) is 0 Å². The van der Waals surface area contributed by atoms with Crippen molar-refractivity contribution in [2.75, 3.05) is 7.05 Å². The first-order valence-electron chi connectivity index (χ1n) is 5.32. The fourth-order valence-electron chi connectivity index (χ4n) is 1.82. The summed E-state index contributed by atoms with van der Waals surface area (Å²) in [5.41, 5.74) is 3.34. The zero-order valence-electron chi connectivity index (χ0n) is 10.0. The first-order valence-corrected chi connectivity index (χ1v) is 6.11. The minimum atomic E-state index is 0.632. The SMILES string of the molecule is CNCc1nnnn1-c1c(C)cc(C)cc1Br. The van der Waals surface area contributed by atoms with Gasteiger partial charge in [-0.05, 0) is 64.4 Å². The van der Waals surface area contributed by atoms with Crippen LogP contribution < -0.4 is 5.32 Å². The van der Waals surface area contributed by atoms with Gasteiger partial charge in [-0.15, -0.1) is 5.10 Å². The molecule has 1 aromatic heterocycles. The second kappa shape index (κ2) is 4.93. The minimum Gasteiger partial charge on any atom is -0.313 e. The Balaban J connectivity index is 2.56. The fraction of sp³-hybridized carbons (Fsp3) is 0.364. The van der Waals surface area contributed by atoms with Gasteiger partial charge in [0.05, 0.1) is 12.2 Å². The Kier molecular flexibility index (Phi) is 3.54. The van der Waals surface area contributed by atoms with Gasteiger partial charge in [0.15, 0.2) is 5.82 Å². The average molecular weight is 296 g/mol. The van der Waals surface area contributed by atoms with Gasteiger partial charge in [0.25, 0.3) is 0 Å². The lowest BCUT2D eigenvalue weighted by molar-refractivity contribution is 0.705. The van der Waals surface area contributed by atoms with Gasteiger partial charge < -0.3 is 5.32 Å². The molecular weight excluding hydrogens is 282 g/mol. The first kappa shape index (κ1) is 12.2. The van der Waals surface area contributed by atoms with Crippen molar-refractivity contribution in [2.24, 2.45) is 0 Å². The van der Waals surface area contributed by atoms with Crippen LogP contribution in [0.5, 0.6) is 0 Å². The topological polar surface area (TPSA) is 55.6 Å². The summed E-state index contributed by atoms with van der Waals surface area (Å²) >= 11 is 3.57. The van der Waals surface area contributed by atoms with Crippen molar-refractivity contribution in [3.63, 3.8) is 0 Å². The summed E-state index contributed by atoms with van der Waals surface area (Å²) in [5.74, 6) is 0.792. The van der Waals surface area contributed by atoms with Crippen LogP contribution >= 0.6 is 15.9 Å². The number of nitrogens with one attached hydrogen (secondary N) is 1. The second-order valence-corrected chi connectivity index (χ2v) is 4.80. The van der Waals surface area contributed by atoms with Crippen LogP contribution in [0.3, 0.4) is 0 Å². The van der Waals surface area contributed by atoms with Crippen molar-refractivity contribution in [1.29, 1.82) is 0 Å². The van der Waals surface area contributed by atoms with E-state index >= 15 is 0 Å². The van der Waals surface area contributed by atoms with Gasteiger partial charge in [-0.25, -0.2) is 0 Å². The number of aryl methyl sites for hydroxylation is 2. The summed E-state index contributed by atoms with van der Waals surface area (Å²) in [4.78, 5) is 0. The van der Waals surface area contributed by atoms with Crippen LogP contribution in [0.4, 0.5) is 0 Å². The van der Waals surface area contributed by atoms with E-state index in [2.05, 4.69) is 62.8 Å². The maximum atomic E-state index is 4.04. The molecule has 90 valence electrons. The molecule has 0 aliphatic rings. The highest BCUT2D eigenvalue weighted by Crippen LogP contribution is 2.26. The van der Waals surface area contributed by atoms with Crippen molar-refractivity contribution in [3.8, 4) is 5.69 Å². The number of halogens is 1. The normalized spacial score (nSPS) is 10.8. The summed E-state index contributed by atoms with van der Waals surface area (Å²) in [6, 6.07) is 4.18. The van der Waals surface area contributed by atoms with E-state index in [9.17, 15) is 0 Å². The maximum Gasteiger partial charge on any atom is 0.170 e. The lowest BCUT2D eigenvalue weighted by Gasteiger charge is -2.11. The first-order chi connectivity index (χ1) is 8.13. The third-order valence-electron chi connectivity index (χ3n) is 2.48. The van der Waals surface area contributed by atoms with Crippen LogP contribution in [-0.4, -0.2) is 27.3 Å². The van der Waals surface area contributed by atoms with Crippen LogP contribution in [0.15, 0.2) is 16.6 Å². The van der Waals surface area contributed by atoms with Crippen LogP contribution in [-0.2, 0) is 6.54 Å². The smallest absolute Gasteiger partial charge is 0.170 e. The van der Waals surface area contributed by atoms with Crippen molar-refractivity contribution in [1.82, 2.24) is 25.5 Å². The van der Waals surface area contributed by atoms with Crippen LogP contribution in [0.1, 0.15) is 17.0 Å². The summed E-state index contributed by atoms with van der Waals surface area (Å²) in [5, 5.41) is 14.8. The molecule has 0 saturated carbocycles. The Hall–Kier alpha value is -1.27. The molecule has 0 aliphatic heterocycles. The fourth-order valence-corrected chi connectivity index (χ4v) is 2.67. The monoisotopic (exact) mass is 295 g/mol. The van der Waals surface area contributed by atoms with E-state index in [1.165, 1.54) is 5.56 Å². The van der Waals surface area contributed by atoms with Gasteiger partial charge in [0.2, 0.25) is 0 Å². The third-order valence-corrected chi connectivity index (χ3v) is 3.08. The van der Waals surface area contributed by atoms with Gasteiger partial charge in [0.1, 0.15) is 0 Å². The Morgan fingerprint density at radius 3 is 2.76 bits per heavy atom. The van der Waals surface area contributed by atoms with E-state index in [-0.39, 0.29) is 0 Å². The van der Waals surface area contributed by atoms with Gasteiger partial charge in [-0.3, -0.25) is 0 Å². The summed E-state index contributed by atoms with van der Waals surface area (Å²) in [6.45, 7) is 4.75. The molecule has 0 saturated heterocycles. The van der Waals surface area contributed by atoms with Gasteiger partial charge in [0, 0.05) is 4.47 Å². The minimum absolute atomic E-state index is 0.632. The molecule has 0 amide bonds. The lowest BCUT2D eigenvalue weighted by atomic mass is 10.1. The van der Waals surface area contributed by atoms with Crippen molar-refractivity contribution < 1.29 is 0 Å². The van der Waals surface area contributed by atoms with Crippen molar-refractivity contribution >= 4 is 15.9 Å². The van der Waals surface area contributed by atoms with Crippen LogP contribution in [0.2, 0.25) is 0 Å². The Bertz CT molecular complexity index is 511. The molecule has 1 N–H and O–H groups in total. The van der Waals surface area contributed by atoms with Crippen molar-refractivity contribution in [2.45, 2.75) is 20.4 Å². The van der Waals surface area contributed by atoms with E-state index in [0.29, 0.717) is 6.54 Å². The van der Waals surface area contributed by atoms with Crippen molar-refractivity contribution in [3.05, 3.63) is 33.6 Å². The molecular formula is C11H14BrN5. The Labute approximate surface area is 108 Å². The van der Waals surface area contributed by atoms with Gasteiger partial charge in [-0.1, -0.05) is 6.07 Å². The molecule has 6 heteroatoms. The summed E-state index contributed by atoms with van der Waals surface area (Å²) in [7, 11) is 1.87. The molecule has 17 heavy (non-hydrogen) atoms. The predicted molar refractivity (Wildman–Crippen MR) is 69.1 cm³/mol. The van der Waals surface area contributed by atoms with E-state index in [1.807, 2.05) is 7.05 Å². The maximum absolute atomic E-state index is 4.04. The van der Waals surface area contributed by atoms with Crippen LogP contribution in [0.25, 0.3) is 5.69 Å². The molecule has 2 rings (SSSR count). The highest BCUT2D eigenvalue weighted by molar-refractivity contribution is 9.10. The number of hydrogen-bond donors (Lipinski definition) is 1. The van der Waals surface area contributed by atoms with Gasteiger partial charge in [-0.2, -0.15) is 4.68 Å². The summed E-state index contributed by atoms with van der Waals surface area (Å²) < 4.78 is 2.76. The van der Waals surface area contributed by atoms with E-state index in [0.717, 1.165) is 21.5 Å². The third kappa shape index (κ3) is 2.37. The number of benzene rings is 1. The molecule has 0 bridgehead atoms. The largest absolute Gasteiger partial charge is 0.313 e. The predicted octanol–water partition coefficient (Wildman–Crippen LogP) is 1.76.